The highest BCUT2D eigenvalue weighted by molar-refractivity contribution is 5.82. The lowest BCUT2D eigenvalue weighted by molar-refractivity contribution is -1.01. The van der Waals surface area contributed by atoms with Crippen LogP contribution in [0.4, 0.5) is 4.39 Å². The number of amides is 1. The standard InChI is InChI=1S/C15H21FN4O/c1-2-19-7-9-20(10-8-19)12-15(21)18-17-11-13-3-5-14(16)6-4-13/h3-6,11H,2,7-10,12H2,1H3,(H,18,21)/p+2/b17-11-. The van der Waals surface area contributed by atoms with Crippen molar-refractivity contribution in [3.05, 3.63) is 35.6 Å². The zero-order valence-corrected chi connectivity index (χ0v) is 12.4. The number of piperazine rings is 1. The molecule has 3 N–H and O–H groups in total. The Bertz CT molecular complexity index is 481. The number of hydrazone groups is 1. The Labute approximate surface area is 124 Å². The van der Waals surface area contributed by atoms with Gasteiger partial charge in [-0.05, 0) is 24.6 Å². The normalized spacial score (nSPS) is 22.4. The Morgan fingerprint density at radius 1 is 1.24 bits per heavy atom. The van der Waals surface area contributed by atoms with Crippen molar-refractivity contribution in [3.63, 3.8) is 0 Å². The van der Waals surface area contributed by atoms with Crippen LogP contribution in [0.15, 0.2) is 29.4 Å². The van der Waals surface area contributed by atoms with E-state index in [1.807, 2.05) is 0 Å². The molecule has 1 fully saturated rings. The highest BCUT2D eigenvalue weighted by Crippen LogP contribution is 1.99. The summed E-state index contributed by atoms with van der Waals surface area (Å²) in [5.74, 6) is -0.364. The molecule has 1 saturated heterocycles. The van der Waals surface area contributed by atoms with Gasteiger partial charge in [-0.25, -0.2) is 9.82 Å². The van der Waals surface area contributed by atoms with Gasteiger partial charge in [-0.1, -0.05) is 12.1 Å². The number of likely N-dealkylation sites (N-methyl/N-ethyl adjacent to an activating group) is 1. The molecule has 1 aromatic rings. The van der Waals surface area contributed by atoms with Crippen LogP contribution >= 0.6 is 0 Å². The molecular formula is C15H23FN4O+2. The summed E-state index contributed by atoms with van der Waals surface area (Å²) in [5, 5.41) is 3.90. The van der Waals surface area contributed by atoms with Crippen molar-refractivity contribution in [3.8, 4) is 0 Å². The minimum atomic E-state index is -0.284. The van der Waals surface area contributed by atoms with E-state index in [2.05, 4.69) is 17.5 Å². The Kier molecular flexibility index (Phi) is 5.83. The second-order valence-corrected chi connectivity index (χ2v) is 5.38. The first-order valence-electron chi connectivity index (χ1n) is 7.42. The van der Waals surface area contributed by atoms with Gasteiger partial charge in [0, 0.05) is 0 Å². The molecule has 1 aromatic carbocycles. The molecule has 5 nitrogen and oxygen atoms in total. The number of carbonyl (C=O) groups excluding carboxylic acids is 1. The molecule has 0 radical (unpaired) electrons. The van der Waals surface area contributed by atoms with Crippen LogP contribution in [0, 0.1) is 5.82 Å². The summed E-state index contributed by atoms with van der Waals surface area (Å²) in [6.45, 7) is 8.10. The minimum absolute atomic E-state index is 0.0803. The Balaban J connectivity index is 1.71. The van der Waals surface area contributed by atoms with Crippen LogP contribution in [-0.2, 0) is 4.79 Å². The predicted octanol–water partition coefficient (Wildman–Crippen LogP) is -1.92. The molecule has 0 bridgehead atoms. The zero-order chi connectivity index (χ0) is 15.1. The van der Waals surface area contributed by atoms with Crippen molar-refractivity contribution in [1.82, 2.24) is 5.43 Å². The Hall–Kier alpha value is -1.79. The maximum atomic E-state index is 12.7. The van der Waals surface area contributed by atoms with Gasteiger partial charge in [0.15, 0.2) is 6.54 Å². The average Bonchev–Trinajstić information content (AvgIpc) is 2.50. The van der Waals surface area contributed by atoms with Crippen molar-refractivity contribution in [2.45, 2.75) is 6.92 Å². The van der Waals surface area contributed by atoms with Crippen LogP contribution in [0.1, 0.15) is 12.5 Å². The van der Waals surface area contributed by atoms with E-state index in [-0.39, 0.29) is 11.7 Å². The fourth-order valence-corrected chi connectivity index (χ4v) is 2.48. The van der Waals surface area contributed by atoms with Crippen LogP contribution in [0.3, 0.4) is 0 Å². The molecule has 0 spiro atoms. The molecular weight excluding hydrogens is 271 g/mol. The van der Waals surface area contributed by atoms with Crippen LogP contribution in [-0.4, -0.2) is 51.4 Å². The molecule has 0 saturated carbocycles. The van der Waals surface area contributed by atoms with E-state index in [1.165, 1.54) is 23.2 Å². The summed E-state index contributed by atoms with van der Waals surface area (Å²) in [7, 11) is 0. The van der Waals surface area contributed by atoms with E-state index >= 15 is 0 Å². The molecule has 1 aliphatic rings. The largest absolute Gasteiger partial charge is 0.326 e. The number of halogens is 1. The minimum Gasteiger partial charge on any atom is -0.326 e. The topological polar surface area (TPSA) is 50.3 Å². The van der Waals surface area contributed by atoms with Crippen LogP contribution in [0.2, 0.25) is 0 Å². The summed E-state index contributed by atoms with van der Waals surface area (Å²) >= 11 is 0. The molecule has 2 rings (SSSR count). The first kappa shape index (κ1) is 15.6. The van der Waals surface area contributed by atoms with Gasteiger partial charge in [-0.3, -0.25) is 4.79 Å². The van der Waals surface area contributed by atoms with E-state index in [1.54, 1.807) is 17.0 Å². The first-order chi connectivity index (χ1) is 10.2. The number of quaternary nitrogens is 2. The summed E-state index contributed by atoms with van der Waals surface area (Å²) < 4.78 is 12.7. The molecule has 0 aliphatic carbocycles. The number of nitrogens with zero attached hydrogens (tertiary/aromatic N) is 1. The van der Waals surface area contributed by atoms with Gasteiger partial charge < -0.3 is 9.80 Å². The molecule has 0 unspecified atom stereocenters. The maximum Gasteiger partial charge on any atom is 0.295 e. The van der Waals surface area contributed by atoms with Gasteiger partial charge in [0.05, 0.1) is 12.8 Å². The third-order valence-electron chi connectivity index (χ3n) is 3.85. The van der Waals surface area contributed by atoms with Crippen LogP contribution < -0.4 is 15.2 Å². The molecule has 114 valence electrons. The van der Waals surface area contributed by atoms with E-state index < -0.39 is 0 Å². The van der Waals surface area contributed by atoms with E-state index in [0.29, 0.717) is 6.54 Å². The SMILES string of the molecule is CC[NH+]1CC[NH+](CC(=O)N/N=C\c2ccc(F)cc2)CC1. The van der Waals surface area contributed by atoms with Gasteiger partial charge in [0.25, 0.3) is 5.91 Å². The quantitative estimate of drug-likeness (QED) is 0.430. The fourth-order valence-electron chi connectivity index (χ4n) is 2.48. The van der Waals surface area contributed by atoms with E-state index in [9.17, 15) is 9.18 Å². The first-order valence-corrected chi connectivity index (χ1v) is 7.42. The van der Waals surface area contributed by atoms with Crippen molar-refractivity contribution in [2.24, 2.45) is 5.10 Å². The lowest BCUT2D eigenvalue weighted by Crippen LogP contribution is -3.28. The predicted molar refractivity (Wildman–Crippen MR) is 78.9 cm³/mol. The number of nitrogens with one attached hydrogen (secondary N) is 3. The Morgan fingerprint density at radius 2 is 1.86 bits per heavy atom. The Morgan fingerprint density at radius 3 is 2.48 bits per heavy atom. The van der Waals surface area contributed by atoms with Crippen molar-refractivity contribution in [2.75, 3.05) is 39.3 Å². The highest BCUT2D eigenvalue weighted by atomic mass is 19.1. The second kappa shape index (κ2) is 7.85. The fraction of sp³-hybridized carbons (Fsp3) is 0.467. The van der Waals surface area contributed by atoms with Crippen molar-refractivity contribution >= 4 is 12.1 Å². The molecule has 0 aromatic heterocycles. The molecule has 1 aliphatic heterocycles. The number of carbonyl (C=O) groups is 1. The second-order valence-electron chi connectivity index (χ2n) is 5.38. The van der Waals surface area contributed by atoms with Crippen molar-refractivity contribution < 1.29 is 19.0 Å². The van der Waals surface area contributed by atoms with Crippen LogP contribution in [0.25, 0.3) is 0 Å². The van der Waals surface area contributed by atoms with Gasteiger partial charge in [0.2, 0.25) is 0 Å². The molecule has 21 heavy (non-hydrogen) atoms. The lowest BCUT2D eigenvalue weighted by Gasteiger charge is -2.28. The molecule has 6 heteroatoms. The van der Waals surface area contributed by atoms with Crippen LogP contribution in [0.5, 0.6) is 0 Å². The number of hydrogen-bond donors (Lipinski definition) is 3. The van der Waals surface area contributed by atoms with E-state index in [0.717, 1.165) is 38.3 Å². The lowest BCUT2D eigenvalue weighted by atomic mass is 10.2. The average molecular weight is 294 g/mol. The summed E-state index contributed by atoms with van der Waals surface area (Å²) in [5.41, 5.74) is 3.28. The highest BCUT2D eigenvalue weighted by Gasteiger charge is 2.23. The van der Waals surface area contributed by atoms with Gasteiger partial charge >= 0.3 is 0 Å². The summed E-state index contributed by atoms with van der Waals surface area (Å²) in [4.78, 5) is 14.7. The maximum absolute atomic E-state index is 12.7. The van der Waals surface area contributed by atoms with Crippen molar-refractivity contribution in [1.29, 1.82) is 0 Å². The monoisotopic (exact) mass is 294 g/mol. The molecule has 0 atom stereocenters. The number of hydrogen-bond acceptors (Lipinski definition) is 2. The van der Waals surface area contributed by atoms with Gasteiger partial charge in [0.1, 0.15) is 32.0 Å². The zero-order valence-electron chi connectivity index (χ0n) is 12.4. The summed E-state index contributed by atoms with van der Waals surface area (Å²) in [6, 6.07) is 5.96. The van der Waals surface area contributed by atoms with E-state index in [4.69, 9.17) is 0 Å². The summed E-state index contributed by atoms with van der Waals surface area (Å²) in [6.07, 6.45) is 1.52. The smallest absolute Gasteiger partial charge is 0.295 e. The molecule has 1 amide bonds. The molecule has 1 heterocycles. The third-order valence-corrected chi connectivity index (χ3v) is 3.85. The number of benzene rings is 1. The number of rotatable bonds is 5. The van der Waals surface area contributed by atoms with Gasteiger partial charge in [-0.2, -0.15) is 5.10 Å². The third kappa shape index (κ3) is 5.24. The van der Waals surface area contributed by atoms with Gasteiger partial charge in [-0.15, -0.1) is 0 Å².